The van der Waals surface area contributed by atoms with Gasteiger partial charge in [0.1, 0.15) is 17.4 Å². The van der Waals surface area contributed by atoms with Crippen molar-refractivity contribution in [3.05, 3.63) is 95.3 Å². The quantitative estimate of drug-likeness (QED) is 0.297. The fraction of sp³-hybridized carbons (Fsp3) is 0.125. The molecule has 6 nitrogen and oxygen atoms in total. The molecule has 0 saturated heterocycles. The summed E-state index contributed by atoms with van der Waals surface area (Å²) in [5.74, 6) is -0.186. The number of nitrogens with zero attached hydrogens (tertiary/aromatic N) is 3. The molecule has 0 spiro atoms. The van der Waals surface area contributed by atoms with Gasteiger partial charge in [-0.1, -0.05) is 41.6 Å². The number of para-hydroxylation sites is 1. The highest BCUT2D eigenvalue weighted by molar-refractivity contribution is 7.99. The van der Waals surface area contributed by atoms with Gasteiger partial charge >= 0.3 is 0 Å². The third-order valence-corrected chi connectivity index (χ3v) is 5.92. The van der Waals surface area contributed by atoms with Gasteiger partial charge in [-0.25, -0.2) is 8.78 Å². The van der Waals surface area contributed by atoms with Gasteiger partial charge in [0, 0.05) is 11.4 Å². The highest BCUT2D eigenvalue weighted by atomic mass is 35.5. The summed E-state index contributed by atoms with van der Waals surface area (Å²) in [7, 11) is 0. The van der Waals surface area contributed by atoms with Crippen LogP contribution < -0.4 is 10.1 Å². The van der Waals surface area contributed by atoms with E-state index in [9.17, 15) is 13.6 Å². The highest BCUT2D eigenvalue weighted by Gasteiger charge is 2.21. The Hall–Kier alpha value is -3.43. The van der Waals surface area contributed by atoms with Crippen LogP contribution in [0.2, 0.25) is 5.02 Å². The molecule has 1 heterocycles. The lowest BCUT2D eigenvalue weighted by atomic mass is 10.3. The molecule has 0 aliphatic rings. The zero-order valence-corrected chi connectivity index (χ0v) is 19.5. The smallest absolute Gasteiger partial charge is 0.234 e. The minimum atomic E-state index is -0.561. The van der Waals surface area contributed by atoms with E-state index >= 15 is 0 Å². The number of thioether (sulfide) groups is 1. The lowest BCUT2D eigenvalue weighted by Gasteiger charge is -2.16. The Morgan fingerprint density at radius 1 is 1.09 bits per heavy atom. The summed E-state index contributed by atoms with van der Waals surface area (Å²) in [6.45, 7) is 1.81. The molecule has 4 rings (SSSR count). The fourth-order valence-corrected chi connectivity index (χ4v) is 4.07. The monoisotopic (exact) mass is 500 g/mol. The molecule has 1 unspecified atom stereocenters. The Bertz CT molecular complexity index is 1290. The van der Waals surface area contributed by atoms with E-state index < -0.39 is 11.9 Å². The van der Waals surface area contributed by atoms with Crippen molar-refractivity contribution in [3.8, 4) is 11.4 Å². The van der Waals surface area contributed by atoms with Crippen LogP contribution in [0.5, 0.6) is 5.75 Å². The topological polar surface area (TPSA) is 69.0 Å². The van der Waals surface area contributed by atoms with Crippen LogP contribution in [-0.2, 0) is 4.79 Å². The maximum Gasteiger partial charge on any atom is 0.234 e. The number of carbonyl (C=O) groups excluding carboxylic acids is 1. The second-order valence-corrected chi connectivity index (χ2v) is 8.54. The number of amides is 1. The number of aromatic nitrogens is 3. The molecule has 0 saturated carbocycles. The molecule has 10 heteroatoms. The zero-order valence-electron chi connectivity index (χ0n) is 17.9. The van der Waals surface area contributed by atoms with Gasteiger partial charge < -0.3 is 10.1 Å². The highest BCUT2D eigenvalue weighted by Crippen LogP contribution is 2.28. The molecule has 1 aromatic heterocycles. The first-order valence-electron chi connectivity index (χ1n) is 10.2. The summed E-state index contributed by atoms with van der Waals surface area (Å²) in [5.41, 5.74) is 1.19. The zero-order chi connectivity index (χ0) is 24.1. The number of hydrogen-bond acceptors (Lipinski definition) is 5. The Kier molecular flexibility index (Phi) is 7.44. The summed E-state index contributed by atoms with van der Waals surface area (Å²) in [5, 5.41) is 11.6. The SMILES string of the molecule is CC(Oc1ccc(F)cc1)c1nnc(SCC(=O)Nc2ccc(F)c(Cl)c2)n1-c1ccccc1. The molecule has 0 bridgehead atoms. The molecule has 0 aliphatic heterocycles. The van der Waals surface area contributed by atoms with E-state index in [1.165, 1.54) is 54.2 Å². The van der Waals surface area contributed by atoms with E-state index in [-0.39, 0.29) is 22.5 Å². The van der Waals surface area contributed by atoms with E-state index in [0.29, 0.717) is 22.4 Å². The van der Waals surface area contributed by atoms with Crippen LogP contribution in [-0.4, -0.2) is 26.4 Å². The van der Waals surface area contributed by atoms with Crippen molar-refractivity contribution in [1.82, 2.24) is 14.8 Å². The number of nitrogens with one attached hydrogen (secondary N) is 1. The van der Waals surface area contributed by atoms with Crippen LogP contribution in [0.1, 0.15) is 18.9 Å². The van der Waals surface area contributed by atoms with Crippen molar-refractivity contribution < 1.29 is 18.3 Å². The number of ether oxygens (including phenoxy) is 1. The number of benzene rings is 3. The molecular weight excluding hydrogens is 482 g/mol. The predicted molar refractivity (Wildman–Crippen MR) is 128 cm³/mol. The lowest BCUT2D eigenvalue weighted by Crippen LogP contribution is -2.15. The lowest BCUT2D eigenvalue weighted by molar-refractivity contribution is -0.113. The van der Waals surface area contributed by atoms with Crippen molar-refractivity contribution >= 4 is 35.0 Å². The van der Waals surface area contributed by atoms with Crippen LogP contribution in [0.25, 0.3) is 5.69 Å². The minimum absolute atomic E-state index is 0.0349. The molecule has 0 aliphatic carbocycles. The third-order valence-electron chi connectivity index (χ3n) is 4.70. The number of hydrogen-bond donors (Lipinski definition) is 1. The van der Waals surface area contributed by atoms with E-state index in [2.05, 4.69) is 15.5 Å². The number of halogens is 3. The first-order chi connectivity index (χ1) is 16.4. The maximum atomic E-state index is 13.3. The molecule has 1 amide bonds. The summed E-state index contributed by atoms with van der Waals surface area (Å²) >= 11 is 6.96. The van der Waals surface area contributed by atoms with Crippen molar-refractivity contribution in [2.24, 2.45) is 0 Å². The summed E-state index contributed by atoms with van der Waals surface area (Å²) in [6, 6.07) is 19.1. The van der Waals surface area contributed by atoms with Gasteiger partial charge in [-0.15, -0.1) is 10.2 Å². The van der Waals surface area contributed by atoms with Crippen LogP contribution in [0.4, 0.5) is 14.5 Å². The van der Waals surface area contributed by atoms with Gasteiger partial charge in [-0.05, 0) is 61.5 Å². The first kappa shape index (κ1) is 23.7. The van der Waals surface area contributed by atoms with Crippen LogP contribution in [0.3, 0.4) is 0 Å². The molecule has 174 valence electrons. The van der Waals surface area contributed by atoms with Crippen LogP contribution in [0, 0.1) is 11.6 Å². The number of anilines is 1. The van der Waals surface area contributed by atoms with Gasteiger partial charge in [0.05, 0.1) is 10.8 Å². The maximum absolute atomic E-state index is 13.3. The van der Waals surface area contributed by atoms with Crippen LogP contribution >= 0.6 is 23.4 Å². The van der Waals surface area contributed by atoms with E-state index in [1.54, 1.807) is 4.57 Å². The van der Waals surface area contributed by atoms with Gasteiger partial charge in [0.25, 0.3) is 0 Å². The normalized spacial score (nSPS) is 11.8. The molecule has 3 aromatic carbocycles. The van der Waals surface area contributed by atoms with Crippen molar-refractivity contribution in [2.75, 3.05) is 11.1 Å². The molecule has 1 N–H and O–H groups in total. The first-order valence-corrected chi connectivity index (χ1v) is 11.6. The average molecular weight is 501 g/mol. The Balaban J connectivity index is 1.52. The van der Waals surface area contributed by atoms with Crippen molar-refractivity contribution in [1.29, 1.82) is 0 Å². The van der Waals surface area contributed by atoms with Gasteiger partial charge in [0.2, 0.25) is 5.91 Å². The average Bonchev–Trinajstić information content (AvgIpc) is 3.26. The molecule has 0 fully saturated rings. The third kappa shape index (κ3) is 5.73. The number of carbonyl (C=O) groups is 1. The standard InChI is InChI=1S/C24H19ClF2N4O2S/c1-15(33-19-10-7-16(26)8-11-19)23-29-30-24(31(23)18-5-3-2-4-6-18)34-14-22(32)28-17-9-12-21(27)20(25)13-17/h2-13,15H,14H2,1H3,(H,28,32). The Morgan fingerprint density at radius 2 is 1.82 bits per heavy atom. The van der Waals surface area contributed by atoms with Crippen molar-refractivity contribution in [3.63, 3.8) is 0 Å². The summed E-state index contributed by atoms with van der Waals surface area (Å²) in [4.78, 5) is 12.5. The fourth-order valence-electron chi connectivity index (χ4n) is 3.13. The van der Waals surface area contributed by atoms with Crippen LogP contribution in [0.15, 0.2) is 78.0 Å². The number of rotatable bonds is 8. The van der Waals surface area contributed by atoms with E-state index in [4.69, 9.17) is 16.3 Å². The Morgan fingerprint density at radius 3 is 2.53 bits per heavy atom. The molecule has 4 aromatic rings. The van der Waals surface area contributed by atoms with Gasteiger partial charge in [-0.2, -0.15) is 0 Å². The van der Waals surface area contributed by atoms with E-state index in [0.717, 1.165) is 5.69 Å². The Labute approximate surface area is 203 Å². The van der Waals surface area contributed by atoms with Crippen molar-refractivity contribution in [2.45, 2.75) is 18.2 Å². The predicted octanol–water partition coefficient (Wildman–Crippen LogP) is 6.07. The second kappa shape index (κ2) is 10.7. The molecule has 34 heavy (non-hydrogen) atoms. The molecule has 0 radical (unpaired) electrons. The minimum Gasteiger partial charge on any atom is -0.483 e. The van der Waals surface area contributed by atoms with E-state index in [1.807, 2.05) is 37.3 Å². The molecular formula is C24H19ClF2N4O2S. The summed E-state index contributed by atoms with van der Waals surface area (Å²) in [6.07, 6.45) is -0.511. The van der Waals surface area contributed by atoms with Gasteiger partial charge in [0.15, 0.2) is 17.1 Å². The second-order valence-electron chi connectivity index (χ2n) is 7.19. The summed E-state index contributed by atoms with van der Waals surface area (Å²) < 4.78 is 34.3. The molecule has 1 atom stereocenters. The largest absolute Gasteiger partial charge is 0.483 e. The van der Waals surface area contributed by atoms with Gasteiger partial charge in [-0.3, -0.25) is 9.36 Å².